The summed E-state index contributed by atoms with van der Waals surface area (Å²) in [6.07, 6.45) is 13.9. The van der Waals surface area contributed by atoms with Crippen molar-refractivity contribution in [3.8, 4) is 6.07 Å². The Morgan fingerprint density at radius 2 is 2.23 bits per heavy atom. The minimum absolute atomic E-state index is 0.0102. The molecule has 0 aromatic carbocycles. The highest BCUT2D eigenvalue weighted by Gasteiger charge is 2.37. The SMILES string of the molecule is C=C(/C=C(C#N)\C(=C/C)OC(C)C)c1ncc(C2C=CC=C3C2CC[C@@H]3NC(C)=O)s1. The van der Waals surface area contributed by atoms with Gasteiger partial charge in [0.25, 0.3) is 0 Å². The van der Waals surface area contributed by atoms with Crippen LogP contribution in [0.5, 0.6) is 0 Å². The maximum absolute atomic E-state index is 11.5. The maximum atomic E-state index is 11.5. The van der Waals surface area contributed by atoms with Crippen LogP contribution in [0, 0.1) is 17.2 Å². The number of nitrogens with zero attached hydrogens (tertiary/aromatic N) is 2. The molecule has 3 atom stereocenters. The molecule has 1 saturated carbocycles. The first-order chi connectivity index (χ1) is 14.8. The summed E-state index contributed by atoms with van der Waals surface area (Å²) in [7, 11) is 0. The summed E-state index contributed by atoms with van der Waals surface area (Å²) in [4.78, 5) is 17.3. The van der Waals surface area contributed by atoms with Gasteiger partial charge in [0.05, 0.1) is 17.7 Å². The van der Waals surface area contributed by atoms with E-state index in [4.69, 9.17) is 4.74 Å². The van der Waals surface area contributed by atoms with Crippen molar-refractivity contribution in [1.29, 1.82) is 5.26 Å². The second-order valence-electron chi connectivity index (χ2n) is 8.10. The van der Waals surface area contributed by atoms with Crippen LogP contribution < -0.4 is 5.32 Å². The highest BCUT2D eigenvalue weighted by atomic mass is 32.1. The molecule has 0 aliphatic heterocycles. The van der Waals surface area contributed by atoms with Gasteiger partial charge in [-0.2, -0.15) is 5.26 Å². The van der Waals surface area contributed by atoms with Crippen molar-refractivity contribution < 1.29 is 9.53 Å². The van der Waals surface area contributed by atoms with Crippen LogP contribution >= 0.6 is 11.3 Å². The van der Waals surface area contributed by atoms with Gasteiger partial charge >= 0.3 is 0 Å². The molecule has 0 saturated heterocycles. The van der Waals surface area contributed by atoms with Crippen LogP contribution in [0.1, 0.15) is 56.3 Å². The highest BCUT2D eigenvalue weighted by molar-refractivity contribution is 7.12. The first kappa shape index (κ1) is 22.8. The zero-order valence-electron chi connectivity index (χ0n) is 18.5. The van der Waals surface area contributed by atoms with Crippen LogP contribution in [0.3, 0.4) is 0 Å². The first-order valence-electron chi connectivity index (χ1n) is 10.6. The fraction of sp³-hybridized carbons (Fsp3) is 0.400. The molecule has 1 fully saturated rings. The minimum atomic E-state index is -0.0178. The largest absolute Gasteiger partial charge is 0.490 e. The molecule has 1 heterocycles. The molecule has 0 bridgehead atoms. The van der Waals surface area contributed by atoms with Crippen molar-refractivity contribution in [2.45, 2.75) is 58.6 Å². The molecular weight excluding hydrogens is 406 g/mol. The molecule has 0 radical (unpaired) electrons. The van der Waals surface area contributed by atoms with Crippen molar-refractivity contribution in [1.82, 2.24) is 10.3 Å². The molecule has 2 unspecified atom stereocenters. The van der Waals surface area contributed by atoms with E-state index in [9.17, 15) is 10.1 Å². The Labute approximate surface area is 188 Å². The van der Waals surface area contributed by atoms with Gasteiger partial charge in [0.1, 0.15) is 16.8 Å². The third-order valence-electron chi connectivity index (χ3n) is 5.47. The lowest BCUT2D eigenvalue weighted by Crippen LogP contribution is -2.33. The van der Waals surface area contributed by atoms with Gasteiger partial charge in [-0.1, -0.05) is 24.8 Å². The number of fused-ring (bicyclic) bond motifs is 1. The number of allylic oxidation sites excluding steroid dienone is 7. The average Bonchev–Trinajstić information content (AvgIpc) is 3.37. The summed E-state index contributed by atoms with van der Waals surface area (Å²) in [6.45, 7) is 11.4. The summed E-state index contributed by atoms with van der Waals surface area (Å²) in [6, 6.07) is 2.33. The van der Waals surface area contributed by atoms with Gasteiger partial charge < -0.3 is 10.1 Å². The number of carbonyl (C=O) groups excluding carboxylic acids is 1. The smallest absolute Gasteiger partial charge is 0.217 e. The van der Waals surface area contributed by atoms with Crippen molar-refractivity contribution in [3.63, 3.8) is 0 Å². The van der Waals surface area contributed by atoms with Gasteiger partial charge in [-0.05, 0) is 57.3 Å². The molecule has 1 N–H and O–H groups in total. The normalized spacial score (nSPS) is 23.2. The van der Waals surface area contributed by atoms with E-state index in [-0.39, 0.29) is 24.0 Å². The van der Waals surface area contributed by atoms with E-state index in [0.717, 1.165) is 17.8 Å². The van der Waals surface area contributed by atoms with E-state index in [2.05, 4.69) is 41.2 Å². The molecule has 3 rings (SSSR count). The number of nitrogens with one attached hydrogen (secondary N) is 1. The Balaban J connectivity index is 1.78. The fourth-order valence-electron chi connectivity index (χ4n) is 4.20. The lowest BCUT2D eigenvalue weighted by atomic mass is 9.82. The first-order valence-corrected chi connectivity index (χ1v) is 11.4. The lowest BCUT2D eigenvalue weighted by Gasteiger charge is -2.25. The Bertz CT molecular complexity index is 1020. The van der Waals surface area contributed by atoms with Crippen LogP contribution in [-0.2, 0) is 9.53 Å². The number of rotatable bonds is 7. The number of thiazole rings is 1. The van der Waals surface area contributed by atoms with Crippen LogP contribution in [0.15, 0.2) is 60.1 Å². The Hall–Kier alpha value is -2.91. The van der Waals surface area contributed by atoms with Gasteiger partial charge in [-0.25, -0.2) is 4.98 Å². The van der Waals surface area contributed by atoms with Gasteiger partial charge in [0.15, 0.2) is 0 Å². The second kappa shape index (κ2) is 9.93. The number of amides is 1. The molecule has 6 heteroatoms. The van der Waals surface area contributed by atoms with E-state index in [1.54, 1.807) is 30.4 Å². The van der Waals surface area contributed by atoms with Crippen molar-refractivity contribution in [2.75, 3.05) is 0 Å². The van der Waals surface area contributed by atoms with Crippen LogP contribution in [0.4, 0.5) is 0 Å². The molecule has 0 spiro atoms. The number of aromatic nitrogens is 1. The summed E-state index contributed by atoms with van der Waals surface area (Å²) >= 11 is 1.61. The Morgan fingerprint density at radius 1 is 1.45 bits per heavy atom. The number of hydrogen-bond acceptors (Lipinski definition) is 5. The standard InChI is InChI=1S/C25H29N3O2S/c1-6-23(30-15(2)3)18(13-26)12-16(4)25-27-14-24(31-25)21-9-7-8-20-19(21)10-11-22(20)28-17(5)29/h6-9,12,14-15,19,21-22H,4,10-11H2,1-3,5H3,(H,28,29)/b18-12-,23-6+/t19?,21?,22-/m0/s1. The number of nitriles is 1. The summed E-state index contributed by atoms with van der Waals surface area (Å²) in [5, 5.41) is 13.5. The summed E-state index contributed by atoms with van der Waals surface area (Å²) in [5.41, 5.74) is 2.43. The average molecular weight is 436 g/mol. The monoisotopic (exact) mass is 435 g/mol. The molecule has 162 valence electrons. The molecule has 1 aromatic rings. The van der Waals surface area contributed by atoms with Gasteiger partial charge in [0, 0.05) is 29.5 Å². The topological polar surface area (TPSA) is 75.0 Å². The lowest BCUT2D eigenvalue weighted by molar-refractivity contribution is -0.119. The van der Waals surface area contributed by atoms with E-state index in [0.29, 0.717) is 22.8 Å². The van der Waals surface area contributed by atoms with E-state index in [1.165, 1.54) is 10.5 Å². The molecule has 1 aromatic heterocycles. The number of carbonyl (C=O) groups is 1. The quantitative estimate of drug-likeness (QED) is 0.352. The Kier molecular flexibility index (Phi) is 7.29. The zero-order chi connectivity index (χ0) is 22.5. The van der Waals surface area contributed by atoms with E-state index < -0.39 is 0 Å². The zero-order valence-corrected chi connectivity index (χ0v) is 19.3. The van der Waals surface area contributed by atoms with Crippen molar-refractivity contribution in [2.24, 2.45) is 5.92 Å². The third-order valence-corrected chi connectivity index (χ3v) is 6.65. The van der Waals surface area contributed by atoms with Crippen molar-refractivity contribution in [3.05, 3.63) is 69.9 Å². The maximum Gasteiger partial charge on any atom is 0.217 e. The fourth-order valence-corrected chi connectivity index (χ4v) is 5.21. The van der Waals surface area contributed by atoms with E-state index >= 15 is 0 Å². The van der Waals surface area contributed by atoms with Gasteiger partial charge in [-0.15, -0.1) is 11.3 Å². The molecule has 2 aliphatic carbocycles. The second-order valence-corrected chi connectivity index (χ2v) is 9.16. The van der Waals surface area contributed by atoms with Crippen LogP contribution in [0.25, 0.3) is 5.57 Å². The van der Waals surface area contributed by atoms with Gasteiger partial charge in [-0.3, -0.25) is 4.79 Å². The van der Waals surface area contributed by atoms with Gasteiger partial charge in [0.2, 0.25) is 5.91 Å². The predicted octanol–water partition coefficient (Wildman–Crippen LogP) is 5.43. The molecule has 5 nitrogen and oxygen atoms in total. The number of ether oxygens (including phenoxy) is 1. The molecule has 2 aliphatic rings. The molecule has 1 amide bonds. The number of hydrogen-bond donors (Lipinski definition) is 1. The molecular formula is C25H29N3O2S. The third kappa shape index (κ3) is 5.23. The van der Waals surface area contributed by atoms with E-state index in [1.807, 2.05) is 27.0 Å². The van der Waals surface area contributed by atoms with Crippen LogP contribution in [-0.4, -0.2) is 23.0 Å². The highest BCUT2D eigenvalue weighted by Crippen LogP contribution is 2.46. The molecule has 31 heavy (non-hydrogen) atoms. The summed E-state index contributed by atoms with van der Waals surface area (Å²) in [5.74, 6) is 1.18. The van der Waals surface area contributed by atoms with Crippen molar-refractivity contribution >= 4 is 22.8 Å². The Morgan fingerprint density at radius 3 is 2.87 bits per heavy atom. The van der Waals surface area contributed by atoms with Crippen LogP contribution in [0.2, 0.25) is 0 Å². The summed E-state index contributed by atoms with van der Waals surface area (Å²) < 4.78 is 5.74. The predicted molar refractivity (Wildman–Crippen MR) is 125 cm³/mol. The minimum Gasteiger partial charge on any atom is -0.490 e.